The Morgan fingerprint density at radius 1 is 1.53 bits per heavy atom. The number of nitrogens with zero attached hydrogens (tertiary/aromatic N) is 3. The highest BCUT2D eigenvalue weighted by Gasteiger charge is 2.10. The van der Waals surface area contributed by atoms with Gasteiger partial charge in [-0.2, -0.15) is 5.10 Å². The molecule has 2 rings (SSSR count). The molecule has 100 valence electrons. The molecule has 0 bridgehead atoms. The average Bonchev–Trinajstić information content (AvgIpc) is 2.73. The lowest BCUT2D eigenvalue weighted by atomic mass is 10.3. The van der Waals surface area contributed by atoms with Crippen LogP contribution in [0.15, 0.2) is 24.4 Å². The monoisotopic (exact) mass is 277 g/mol. The molecule has 0 aliphatic carbocycles. The van der Waals surface area contributed by atoms with Crippen molar-refractivity contribution in [1.29, 1.82) is 0 Å². The summed E-state index contributed by atoms with van der Waals surface area (Å²) in [5, 5.41) is 9.55. The van der Waals surface area contributed by atoms with Crippen LogP contribution >= 0.6 is 12.2 Å². The molecule has 0 aliphatic heterocycles. The van der Waals surface area contributed by atoms with Crippen LogP contribution in [0.3, 0.4) is 0 Å². The van der Waals surface area contributed by atoms with Gasteiger partial charge in [-0.05, 0) is 30.8 Å². The number of carbonyl (C=O) groups is 1. The summed E-state index contributed by atoms with van der Waals surface area (Å²) in [5.41, 5.74) is 0. The number of aryl methyl sites for hydroxylation is 1. The van der Waals surface area contributed by atoms with Gasteiger partial charge in [0.2, 0.25) is 5.91 Å². The number of carbonyl (C=O) groups excluding carboxylic acids is 1. The van der Waals surface area contributed by atoms with Gasteiger partial charge in [0.25, 0.3) is 0 Å². The van der Waals surface area contributed by atoms with Crippen molar-refractivity contribution < 1.29 is 4.79 Å². The Morgan fingerprint density at radius 3 is 3.05 bits per heavy atom. The van der Waals surface area contributed by atoms with Gasteiger partial charge < -0.3 is 5.32 Å². The predicted molar refractivity (Wildman–Crippen MR) is 74.3 cm³/mol. The van der Waals surface area contributed by atoms with Gasteiger partial charge >= 0.3 is 0 Å². The quantitative estimate of drug-likeness (QED) is 0.819. The smallest absolute Gasteiger partial charge is 0.245 e. The lowest BCUT2D eigenvalue weighted by molar-refractivity contribution is -0.116. The van der Waals surface area contributed by atoms with Crippen molar-refractivity contribution in [2.45, 2.75) is 26.3 Å². The number of amides is 1. The van der Waals surface area contributed by atoms with Crippen LogP contribution in [-0.2, 0) is 17.8 Å². The van der Waals surface area contributed by atoms with Crippen molar-refractivity contribution in [2.75, 3.05) is 5.32 Å². The summed E-state index contributed by atoms with van der Waals surface area (Å²) in [5.74, 6) is 1.15. The first kappa shape index (κ1) is 13.4. The van der Waals surface area contributed by atoms with Crippen LogP contribution in [0.1, 0.15) is 19.2 Å². The molecule has 0 aromatic carbocycles. The second-order valence-electron chi connectivity index (χ2n) is 4.04. The molecule has 0 radical (unpaired) electrons. The predicted octanol–water partition coefficient (Wildman–Crippen LogP) is 1.93. The maximum atomic E-state index is 11.9. The number of pyridine rings is 1. The van der Waals surface area contributed by atoms with Crippen LogP contribution < -0.4 is 5.32 Å². The van der Waals surface area contributed by atoms with E-state index in [1.807, 2.05) is 6.07 Å². The molecule has 19 heavy (non-hydrogen) atoms. The van der Waals surface area contributed by atoms with Gasteiger partial charge in [0.05, 0.1) is 0 Å². The number of rotatable bonds is 5. The minimum absolute atomic E-state index is 0.140. The number of anilines is 1. The van der Waals surface area contributed by atoms with E-state index in [0.29, 0.717) is 10.6 Å². The highest BCUT2D eigenvalue weighted by molar-refractivity contribution is 7.71. The third-order valence-electron chi connectivity index (χ3n) is 2.55. The minimum Gasteiger partial charge on any atom is -0.309 e. The first-order valence-electron chi connectivity index (χ1n) is 6.05. The van der Waals surface area contributed by atoms with E-state index in [0.717, 1.165) is 18.7 Å². The van der Waals surface area contributed by atoms with E-state index in [-0.39, 0.29) is 12.5 Å². The second-order valence-corrected chi connectivity index (χ2v) is 4.43. The fourth-order valence-corrected chi connectivity index (χ4v) is 1.91. The lowest BCUT2D eigenvalue weighted by Gasteiger charge is -2.06. The summed E-state index contributed by atoms with van der Waals surface area (Å²) in [7, 11) is 0. The standard InChI is InChI=1S/C12H15N5OS/c1-2-5-10-15-16-12(19)17(10)8-11(18)14-9-6-3-4-7-13-9/h3-4,6-7H,2,5,8H2,1H3,(H,16,19)(H,13,14,18). The molecule has 0 spiro atoms. The Kier molecular flexibility index (Phi) is 4.40. The third-order valence-corrected chi connectivity index (χ3v) is 2.86. The molecular weight excluding hydrogens is 262 g/mol. The lowest BCUT2D eigenvalue weighted by Crippen LogP contribution is -2.20. The van der Waals surface area contributed by atoms with Gasteiger partial charge in [0, 0.05) is 12.6 Å². The van der Waals surface area contributed by atoms with Crippen molar-refractivity contribution in [3.8, 4) is 0 Å². The molecule has 1 amide bonds. The molecule has 2 heterocycles. The van der Waals surface area contributed by atoms with Crippen molar-refractivity contribution in [2.24, 2.45) is 0 Å². The third kappa shape index (κ3) is 3.47. The second kappa shape index (κ2) is 6.24. The fraction of sp³-hybridized carbons (Fsp3) is 0.333. The van der Waals surface area contributed by atoms with Crippen LogP contribution in [-0.4, -0.2) is 25.7 Å². The molecule has 6 nitrogen and oxygen atoms in total. The summed E-state index contributed by atoms with van der Waals surface area (Å²) in [6.07, 6.45) is 3.35. The molecular formula is C12H15N5OS. The summed E-state index contributed by atoms with van der Waals surface area (Å²) < 4.78 is 2.16. The first-order chi connectivity index (χ1) is 9.20. The summed E-state index contributed by atoms with van der Waals surface area (Å²) in [4.78, 5) is 16.0. The van der Waals surface area contributed by atoms with E-state index >= 15 is 0 Å². The maximum absolute atomic E-state index is 11.9. The SMILES string of the molecule is CCCc1n[nH]c(=S)n1CC(=O)Nc1ccccn1. The normalized spacial score (nSPS) is 10.4. The van der Waals surface area contributed by atoms with Crippen molar-refractivity contribution >= 4 is 23.9 Å². The topological polar surface area (TPSA) is 75.6 Å². The van der Waals surface area contributed by atoms with Crippen molar-refractivity contribution in [3.05, 3.63) is 35.0 Å². The molecule has 0 aliphatic rings. The van der Waals surface area contributed by atoms with E-state index in [9.17, 15) is 4.79 Å². The van der Waals surface area contributed by atoms with E-state index in [2.05, 4.69) is 27.4 Å². The summed E-state index contributed by atoms with van der Waals surface area (Å²) >= 11 is 5.12. The number of aromatic nitrogens is 4. The zero-order chi connectivity index (χ0) is 13.7. The Bertz CT molecular complexity index is 604. The number of nitrogens with one attached hydrogen (secondary N) is 2. The highest BCUT2D eigenvalue weighted by Crippen LogP contribution is 2.04. The number of hydrogen-bond acceptors (Lipinski definition) is 4. The molecule has 2 aromatic rings. The van der Waals surface area contributed by atoms with Crippen LogP contribution in [0, 0.1) is 4.77 Å². The van der Waals surface area contributed by atoms with Crippen LogP contribution in [0.25, 0.3) is 0 Å². The van der Waals surface area contributed by atoms with Gasteiger partial charge in [0.15, 0.2) is 4.77 Å². The van der Waals surface area contributed by atoms with Crippen LogP contribution in [0.5, 0.6) is 0 Å². The zero-order valence-corrected chi connectivity index (χ0v) is 11.4. The van der Waals surface area contributed by atoms with Gasteiger partial charge in [-0.3, -0.25) is 14.5 Å². The van der Waals surface area contributed by atoms with Crippen molar-refractivity contribution in [1.82, 2.24) is 19.7 Å². The highest BCUT2D eigenvalue weighted by atomic mass is 32.1. The largest absolute Gasteiger partial charge is 0.309 e. The van der Waals surface area contributed by atoms with Gasteiger partial charge in [0.1, 0.15) is 18.2 Å². The van der Waals surface area contributed by atoms with E-state index < -0.39 is 0 Å². The van der Waals surface area contributed by atoms with Gasteiger partial charge in [-0.25, -0.2) is 4.98 Å². The van der Waals surface area contributed by atoms with E-state index in [1.165, 1.54) is 0 Å². The molecule has 0 saturated carbocycles. The number of H-pyrrole nitrogens is 1. The van der Waals surface area contributed by atoms with Crippen LogP contribution in [0.2, 0.25) is 0 Å². The first-order valence-corrected chi connectivity index (χ1v) is 6.46. The Morgan fingerprint density at radius 2 is 2.37 bits per heavy atom. The molecule has 0 fully saturated rings. The number of hydrogen-bond donors (Lipinski definition) is 2. The fourth-order valence-electron chi connectivity index (χ4n) is 1.69. The summed E-state index contributed by atoms with van der Waals surface area (Å²) in [6, 6.07) is 5.34. The van der Waals surface area contributed by atoms with E-state index in [4.69, 9.17) is 12.2 Å². The Hall–Kier alpha value is -2.02. The molecule has 0 unspecified atom stereocenters. The average molecular weight is 277 g/mol. The van der Waals surface area contributed by atoms with Gasteiger partial charge in [-0.1, -0.05) is 13.0 Å². The molecule has 0 saturated heterocycles. The van der Waals surface area contributed by atoms with Crippen molar-refractivity contribution in [3.63, 3.8) is 0 Å². The Labute approximate surface area is 115 Å². The maximum Gasteiger partial charge on any atom is 0.245 e. The van der Waals surface area contributed by atoms with E-state index in [1.54, 1.807) is 22.9 Å². The number of aromatic amines is 1. The molecule has 2 N–H and O–H groups in total. The molecule has 7 heteroatoms. The zero-order valence-electron chi connectivity index (χ0n) is 10.6. The minimum atomic E-state index is -0.173. The summed E-state index contributed by atoms with van der Waals surface area (Å²) in [6.45, 7) is 2.19. The Balaban J connectivity index is 2.07. The van der Waals surface area contributed by atoms with Gasteiger partial charge in [-0.15, -0.1) is 0 Å². The molecule has 0 atom stereocenters. The van der Waals surface area contributed by atoms with Crippen LogP contribution in [0.4, 0.5) is 5.82 Å². The molecule has 2 aromatic heterocycles.